The molecule has 2 rings (SSSR count). The molecule has 2 unspecified atom stereocenters. The van der Waals surface area contributed by atoms with E-state index < -0.39 is 0 Å². The molecule has 3 nitrogen and oxygen atoms in total. The van der Waals surface area contributed by atoms with Crippen molar-refractivity contribution < 1.29 is 4.79 Å². The van der Waals surface area contributed by atoms with Crippen molar-refractivity contribution in [3.05, 3.63) is 28.5 Å². The predicted octanol–water partition coefficient (Wildman–Crippen LogP) is 3.85. The fourth-order valence-electron chi connectivity index (χ4n) is 2.92. The number of nitrogens with one attached hydrogen (secondary N) is 1. The molecule has 0 aromatic carbocycles. The van der Waals surface area contributed by atoms with Crippen LogP contribution in [0.5, 0.6) is 0 Å². The minimum Gasteiger partial charge on any atom is -0.352 e. The molecule has 4 heteroatoms. The second kappa shape index (κ2) is 7.07. The Balaban J connectivity index is 1.94. The van der Waals surface area contributed by atoms with Crippen LogP contribution < -0.4 is 5.32 Å². The molecular weight excluding hydrogens is 272 g/mol. The number of nitrogens with zero attached hydrogens (tertiary/aromatic N) is 1. The Morgan fingerprint density at radius 3 is 2.90 bits per heavy atom. The summed E-state index contributed by atoms with van der Waals surface area (Å²) in [6, 6.07) is 3.50. The highest BCUT2D eigenvalue weighted by atomic mass is 35.5. The molecule has 1 amide bonds. The number of carbonyl (C=O) groups is 1. The Morgan fingerprint density at radius 1 is 1.45 bits per heavy atom. The van der Waals surface area contributed by atoms with Crippen molar-refractivity contribution in [2.24, 2.45) is 11.8 Å². The molecule has 1 fully saturated rings. The average Bonchev–Trinajstić information content (AvgIpc) is 2.81. The first-order valence-corrected chi connectivity index (χ1v) is 7.91. The number of aromatic nitrogens is 1. The summed E-state index contributed by atoms with van der Waals surface area (Å²) in [7, 11) is 0. The molecule has 1 N–H and O–H groups in total. The van der Waals surface area contributed by atoms with Crippen LogP contribution in [0.4, 0.5) is 0 Å². The van der Waals surface area contributed by atoms with E-state index in [2.05, 4.69) is 24.1 Å². The third-order valence-corrected chi connectivity index (χ3v) is 4.16. The van der Waals surface area contributed by atoms with Crippen molar-refractivity contribution in [3.63, 3.8) is 0 Å². The Bertz CT molecular complexity index is 476. The van der Waals surface area contributed by atoms with Gasteiger partial charge in [-0.05, 0) is 43.2 Å². The molecule has 0 aliphatic heterocycles. The fraction of sp³-hybridized carbons (Fsp3) is 0.625. The first kappa shape index (κ1) is 15.3. The first-order chi connectivity index (χ1) is 9.58. The quantitative estimate of drug-likeness (QED) is 0.838. The molecule has 1 aromatic heterocycles. The van der Waals surface area contributed by atoms with E-state index in [1.807, 2.05) is 6.07 Å². The first-order valence-electron chi connectivity index (χ1n) is 7.53. The molecule has 0 bridgehead atoms. The van der Waals surface area contributed by atoms with Crippen molar-refractivity contribution in [2.75, 3.05) is 6.54 Å². The van der Waals surface area contributed by atoms with E-state index in [9.17, 15) is 4.79 Å². The summed E-state index contributed by atoms with van der Waals surface area (Å²) in [6.07, 6.45) is 5.57. The molecule has 0 saturated heterocycles. The van der Waals surface area contributed by atoms with Crippen LogP contribution in [0.3, 0.4) is 0 Å². The second-order valence-electron chi connectivity index (χ2n) is 5.91. The van der Waals surface area contributed by atoms with Gasteiger partial charge in [0.25, 0.3) is 5.91 Å². The zero-order valence-corrected chi connectivity index (χ0v) is 13.0. The topological polar surface area (TPSA) is 42.0 Å². The Kier molecular flexibility index (Phi) is 5.41. The van der Waals surface area contributed by atoms with Gasteiger partial charge in [-0.15, -0.1) is 0 Å². The summed E-state index contributed by atoms with van der Waals surface area (Å²) in [6.45, 7) is 5.14. The van der Waals surface area contributed by atoms with Crippen molar-refractivity contribution >= 4 is 17.5 Å². The van der Waals surface area contributed by atoms with Gasteiger partial charge in [-0.2, -0.15) is 0 Å². The molecule has 1 aliphatic carbocycles. The zero-order valence-electron chi connectivity index (χ0n) is 12.3. The van der Waals surface area contributed by atoms with E-state index in [1.165, 1.54) is 19.3 Å². The molecule has 20 heavy (non-hydrogen) atoms. The maximum absolute atomic E-state index is 12.2. The number of halogens is 1. The highest BCUT2D eigenvalue weighted by Crippen LogP contribution is 2.29. The van der Waals surface area contributed by atoms with Crippen LogP contribution >= 0.6 is 11.6 Å². The lowest BCUT2D eigenvalue weighted by atomic mass is 10.1. The molecule has 0 spiro atoms. The van der Waals surface area contributed by atoms with Crippen LogP contribution in [0.2, 0.25) is 5.15 Å². The third-order valence-electron chi connectivity index (χ3n) is 3.97. The number of hydrogen-bond acceptors (Lipinski definition) is 2. The van der Waals surface area contributed by atoms with E-state index in [-0.39, 0.29) is 5.91 Å². The molecule has 1 aromatic rings. The molecule has 0 radical (unpaired) electrons. The maximum Gasteiger partial charge on any atom is 0.251 e. The van der Waals surface area contributed by atoms with Gasteiger partial charge in [-0.25, -0.2) is 4.98 Å². The summed E-state index contributed by atoms with van der Waals surface area (Å²) in [5, 5.41) is 3.43. The molecular formula is C16H23ClN2O. The Labute approximate surface area is 126 Å². The number of pyridine rings is 1. The SMILES string of the molecule is CCCc1cc(C(=O)NCC2CCC(C)C2)cc(Cl)n1. The van der Waals surface area contributed by atoms with Gasteiger partial charge in [0.1, 0.15) is 5.15 Å². The number of aryl methyl sites for hydroxylation is 1. The average molecular weight is 295 g/mol. The van der Waals surface area contributed by atoms with Crippen LogP contribution in [0.15, 0.2) is 12.1 Å². The van der Waals surface area contributed by atoms with Gasteiger partial charge < -0.3 is 5.32 Å². The summed E-state index contributed by atoms with van der Waals surface area (Å²) in [5.74, 6) is 1.39. The van der Waals surface area contributed by atoms with E-state index in [1.54, 1.807) is 6.07 Å². The van der Waals surface area contributed by atoms with Crippen LogP contribution in [0, 0.1) is 11.8 Å². The van der Waals surface area contributed by atoms with E-state index in [0.29, 0.717) is 16.6 Å². The number of amides is 1. The minimum absolute atomic E-state index is 0.0359. The molecule has 2 atom stereocenters. The van der Waals surface area contributed by atoms with E-state index >= 15 is 0 Å². The van der Waals surface area contributed by atoms with Gasteiger partial charge in [-0.3, -0.25) is 4.79 Å². The van der Waals surface area contributed by atoms with Gasteiger partial charge in [0.05, 0.1) is 0 Å². The molecule has 1 heterocycles. The molecule has 1 aliphatic rings. The van der Waals surface area contributed by atoms with Crippen molar-refractivity contribution in [1.29, 1.82) is 0 Å². The monoisotopic (exact) mass is 294 g/mol. The normalized spacial score (nSPS) is 21.9. The van der Waals surface area contributed by atoms with Crippen LogP contribution in [-0.4, -0.2) is 17.4 Å². The van der Waals surface area contributed by atoms with Gasteiger partial charge in [-0.1, -0.05) is 38.3 Å². The van der Waals surface area contributed by atoms with Gasteiger partial charge in [0.15, 0.2) is 0 Å². The number of carbonyl (C=O) groups excluding carboxylic acids is 1. The van der Waals surface area contributed by atoms with Gasteiger partial charge >= 0.3 is 0 Å². The largest absolute Gasteiger partial charge is 0.352 e. The standard InChI is InChI=1S/C16H23ClN2O/c1-3-4-14-8-13(9-15(17)19-14)16(20)18-10-12-6-5-11(2)7-12/h8-9,11-12H,3-7,10H2,1-2H3,(H,18,20). The smallest absolute Gasteiger partial charge is 0.251 e. The van der Waals surface area contributed by atoms with Crippen molar-refractivity contribution in [1.82, 2.24) is 10.3 Å². The van der Waals surface area contributed by atoms with Crippen LogP contribution in [-0.2, 0) is 6.42 Å². The molecule has 110 valence electrons. The molecule has 1 saturated carbocycles. The second-order valence-corrected chi connectivity index (χ2v) is 6.30. The van der Waals surface area contributed by atoms with Gasteiger partial charge in [0, 0.05) is 17.8 Å². The Hall–Kier alpha value is -1.09. The summed E-state index contributed by atoms with van der Waals surface area (Å²) >= 11 is 5.99. The predicted molar refractivity (Wildman–Crippen MR) is 82.1 cm³/mol. The summed E-state index contributed by atoms with van der Waals surface area (Å²) in [5.41, 5.74) is 1.51. The van der Waals surface area contributed by atoms with Gasteiger partial charge in [0.2, 0.25) is 0 Å². The fourth-order valence-corrected chi connectivity index (χ4v) is 3.14. The highest BCUT2D eigenvalue weighted by Gasteiger charge is 2.21. The summed E-state index contributed by atoms with van der Waals surface area (Å²) < 4.78 is 0. The maximum atomic E-state index is 12.2. The van der Waals surface area contributed by atoms with Crippen LogP contribution in [0.1, 0.15) is 55.6 Å². The Morgan fingerprint density at radius 2 is 2.25 bits per heavy atom. The minimum atomic E-state index is -0.0359. The lowest BCUT2D eigenvalue weighted by Crippen LogP contribution is -2.28. The summed E-state index contributed by atoms with van der Waals surface area (Å²) in [4.78, 5) is 16.4. The lowest BCUT2D eigenvalue weighted by Gasteiger charge is -2.12. The van der Waals surface area contributed by atoms with Crippen LogP contribution in [0.25, 0.3) is 0 Å². The third kappa shape index (κ3) is 4.20. The zero-order chi connectivity index (χ0) is 14.5. The van der Waals surface area contributed by atoms with E-state index in [4.69, 9.17) is 11.6 Å². The lowest BCUT2D eigenvalue weighted by molar-refractivity contribution is 0.0947. The number of hydrogen-bond donors (Lipinski definition) is 1. The van der Waals surface area contributed by atoms with Crippen molar-refractivity contribution in [2.45, 2.75) is 46.0 Å². The number of rotatable bonds is 5. The van der Waals surface area contributed by atoms with E-state index in [0.717, 1.165) is 31.0 Å². The van der Waals surface area contributed by atoms with Crippen molar-refractivity contribution in [3.8, 4) is 0 Å². The highest BCUT2D eigenvalue weighted by molar-refractivity contribution is 6.29.